The molecule has 2 aromatic heterocycles. The van der Waals surface area contributed by atoms with E-state index < -0.39 is 34.0 Å². The van der Waals surface area contributed by atoms with Crippen LogP contribution >= 0.6 is 0 Å². The van der Waals surface area contributed by atoms with E-state index in [1.165, 1.54) is 0 Å². The van der Waals surface area contributed by atoms with Crippen molar-refractivity contribution in [2.45, 2.75) is 26.0 Å². The maximum Gasteiger partial charge on any atom is 0.220 e. The standard InChI is InChI=1S/C47H37N3OSi/c1-32-16-14-25-41-44(32)48-46-49(39-23-11-12-24-40(39)50(41)46)33-28-30-36(31-29-33)52(34-17-6-4-7-18-34,35-19-8-5-9-20-35)43-27-15-22-38-45(43)51-42-26-13-10-21-37(42)47(38,2)3/h4-31H,1-3H3/i1D3,2D3,3D3. The molecule has 9 aromatic rings. The number of fused-ring (bicyclic) bond motifs is 7. The van der Waals surface area contributed by atoms with Gasteiger partial charge in [0.2, 0.25) is 5.78 Å². The maximum absolute atomic E-state index is 8.99. The van der Waals surface area contributed by atoms with Crippen LogP contribution < -0.4 is 25.5 Å². The van der Waals surface area contributed by atoms with Crippen LogP contribution in [0.25, 0.3) is 33.5 Å². The normalized spacial score (nSPS) is 16.9. The van der Waals surface area contributed by atoms with Crippen molar-refractivity contribution in [2.24, 2.45) is 0 Å². The summed E-state index contributed by atoms with van der Waals surface area (Å²) in [4.78, 5) is 5.00. The van der Waals surface area contributed by atoms with E-state index in [4.69, 9.17) is 22.1 Å². The fraction of sp³-hybridized carbons (Fsp3) is 0.0851. The lowest BCUT2D eigenvalue weighted by Crippen LogP contribution is -2.75. The van der Waals surface area contributed by atoms with Crippen molar-refractivity contribution >= 4 is 56.7 Å². The van der Waals surface area contributed by atoms with Gasteiger partial charge in [-0.3, -0.25) is 8.97 Å². The van der Waals surface area contributed by atoms with Gasteiger partial charge in [0.25, 0.3) is 0 Å². The van der Waals surface area contributed by atoms with Gasteiger partial charge in [-0.1, -0.05) is 147 Å². The highest BCUT2D eigenvalue weighted by molar-refractivity contribution is 7.20. The number of aryl methyl sites for hydroxylation is 1. The molecule has 1 aliphatic heterocycles. The molecular weight excluding hydrogens is 651 g/mol. The molecule has 0 amide bonds. The largest absolute Gasteiger partial charge is 0.457 e. The molecule has 0 aliphatic carbocycles. The summed E-state index contributed by atoms with van der Waals surface area (Å²) < 4.78 is 89.5. The van der Waals surface area contributed by atoms with Gasteiger partial charge in [0.05, 0.1) is 22.1 Å². The van der Waals surface area contributed by atoms with Gasteiger partial charge in [0.1, 0.15) is 11.5 Å². The molecule has 3 heterocycles. The maximum atomic E-state index is 8.99. The lowest BCUT2D eigenvalue weighted by atomic mass is 9.76. The molecule has 5 heteroatoms. The van der Waals surface area contributed by atoms with Gasteiger partial charge in [0.15, 0.2) is 8.07 Å². The lowest BCUT2D eigenvalue weighted by Gasteiger charge is -2.40. The molecule has 52 heavy (non-hydrogen) atoms. The van der Waals surface area contributed by atoms with Gasteiger partial charge in [-0.25, -0.2) is 4.98 Å². The van der Waals surface area contributed by atoms with E-state index in [0.29, 0.717) is 22.0 Å². The van der Waals surface area contributed by atoms with E-state index >= 15 is 0 Å². The van der Waals surface area contributed by atoms with E-state index in [1.54, 1.807) is 48.5 Å². The molecule has 0 saturated carbocycles. The Balaban J connectivity index is 1.27. The number of para-hydroxylation sites is 5. The minimum atomic E-state index is -3.54. The molecule has 7 aromatic carbocycles. The van der Waals surface area contributed by atoms with Crippen LogP contribution in [-0.4, -0.2) is 22.0 Å². The predicted octanol–water partition coefficient (Wildman–Crippen LogP) is 8.55. The van der Waals surface area contributed by atoms with Crippen LogP contribution in [-0.2, 0) is 5.41 Å². The second kappa shape index (κ2) is 11.4. The van der Waals surface area contributed by atoms with E-state index in [2.05, 4.69) is 36.4 Å². The molecule has 0 unspecified atom stereocenters. The molecule has 4 nitrogen and oxygen atoms in total. The van der Waals surface area contributed by atoms with Gasteiger partial charge >= 0.3 is 0 Å². The van der Waals surface area contributed by atoms with Gasteiger partial charge in [-0.15, -0.1) is 0 Å². The molecule has 0 radical (unpaired) electrons. The number of nitrogens with zero attached hydrogens (tertiary/aromatic N) is 3. The highest BCUT2D eigenvalue weighted by Crippen LogP contribution is 2.47. The molecule has 250 valence electrons. The first-order valence-electron chi connectivity index (χ1n) is 21.7. The fourth-order valence-corrected chi connectivity index (χ4v) is 13.1. The SMILES string of the molecule is [2H]C([2H])([2H])c1cccc2c1nc1n(-c3ccc([Si](c4ccccc4)(c4ccccc4)c4cccc5c4Oc4ccccc4C5(C([2H])([2H])[2H])C([2H])([2H])[2H])cc3)c3ccccc3n21. The number of hydrogen-bond donors (Lipinski definition) is 0. The zero-order valence-corrected chi connectivity index (χ0v) is 28.9. The van der Waals surface area contributed by atoms with E-state index in [9.17, 15) is 0 Å². The first-order valence-corrected chi connectivity index (χ1v) is 19.2. The molecule has 1 aliphatic rings. The topological polar surface area (TPSA) is 31.5 Å². The van der Waals surface area contributed by atoms with Crippen molar-refractivity contribution in [1.29, 1.82) is 0 Å². The highest BCUT2D eigenvalue weighted by Gasteiger charge is 2.46. The fourth-order valence-electron chi connectivity index (χ4n) is 8.24. The average molecular weight is 697 g/mol. The van der Waals surface area contributed by atoms with Crippen LogP contribution in [0.1, 0.15) is 42.7 Å². The predicted molar refractivity (Wildman–Crippen MR) is 217 cm³/mol. The lowest BCUT2D eigenvalue weighted by molar-refractivity contribution is 0.421. The van der Waals surface area contributed by atoms with Crippen LogP contribution in [0.2, 0.25) is 0 Å². The van der Waals surface area contributed by atoms with Crippen LogP contribution in [0.5, 0.6) is 11.5 Å². The Bertz CT molecular complexity index is 3080. The number of imidazole rings is 2. The summed E-state index contributed by atoms with van der Waals surface area (Å²) in [6.07, 6.45) is 0. The van der Waals surface area contributed by atoms with Crippen molar-refractivity contribution in [3.05, 3.63) is 187 Å². The van der Waals surface area contributed by atoms with Crippen LogP contribution in [0, 0.1) is 6.85 Å². The Kier molecular flexibility index (Phi) is 4.96. The van der Waals surface area contributed by atoms with Crippen molar-refractivity contribution in [2.75, 3.05) is 0 Å². The van der Waals surface area contributed by atoms with Gasteiger partial charge < -0.3 is 4.74 Å². The minimum absolute atomic E-state index is 0.0908. The third kappa shape index (κ3) is 4.23. The second-order valence-corrected chi connectivity index (χ2v) is 17.1. The molecule has 10 rings (SSSR count). The van der Waals surface area contributed by atoms with Crippen molar-refractivity contribution < 1.29 is 17.1 Å². The number of ether oxygens (including phenoxy) is 1. The van der Waals surface area contributed by atoms with E-state index in [-0.39, 0.29) is 28.2 Å². The van der Waals surface area contributed by atoms with Gasteiger partial charge in [0, 0.05) is 34.6 Å². The van der Waals surface area contributed by atoms with Gasteiger partial charge in [-0.2, -0.15) is 0 Å². The summed E-state index contributed by atoms with van der Waals surface area (Å²) >= 11 is 0. The molecule has 0 saturated heterocycles. The Labute approximate surface area is 316 Å². The first kappa shape index (κ1) is 22.6. The quantitative estimate of drug-likeness (QED) is 0.134. The summed E-state index contributed by atoms with van der Waals surface area (Å²) in [7, 11) is -3.54. The summed E-state index contributed by atoms with van der Waals surface area (Å²) in [6, 6.07) is 53.4. The first-order chi connectivity index (χ1) is 29.2. The van der Waals surface area contributed by atoms with E-state index in [0.717, 1.165) is 32.3 Å². The van der Waals surface area contributed by atoms with Crippen molar-refractivity contribution in [1.82, 2.24) is 14.0 Å². The van der Waals surface area contributed by atoms with Crippen LogP contribution in [0.15, 0.2) is 170 Å². The number of benzene rings is 7. The van der Waals surface area contributed by atoms with Crippen LogP contribution in [0.4, 0.5) is 0 Å². The molecule has 0 fully saturated rings. The third-order valence-corrected chi connectivity index (χ3v) is 15.3. The smallest absolute Gasteiger partial charge is 0.220 e. The van der Waals surface area contributed by atoms with Crippen molar-refractivity contribution in [3.8, 4) is 17.2 Å². The molecule has 0 bridgehead atoms. The van der Waals surface area contributed by atoms with Crippen molar-refractivity contribution in [3.63, 3.8) is 0 Å². The molecular formula is C47H37N3OSi. The number of rotatable bonds is 5. The molecule has 0 N–H and O–H groups in total. The average Bonchev–Trinajstić information content (AvgIpc) is 3.78. The number of hydrogen-bond acceptors (Lipinski definition) is 2. The second-order valence-electron chi connectivity index (χ2n) is 13.3. The Hall–Kier alpha value is -6.17. The monoisotopic (exact) mass is 696 g/mol. The Morgan fingerprint density at radius 3 is 1.92 bits per heavy atom. The summed E-state index contributed by atoms with van der Waals surface area (Å²) in [5.41, 5.74) is 1.60. The summed E-state index contributed by atoms with van der Waals surface area (Å²) in [5, 5.41) is 3.59. The minimum Gasteiger partial charge on any atom is -0.457 e. The van der Waals surface area contributed by atoms with Gasteiger partial charge in [-0.05, 0) is 69.6 Å². The highest BCUT2D eigenvalue weighted by atomic mass is 28.3. The summed E-state index contributed by atoms with van der Waals surface area (Å²) in [5.74, 6) is 0.973. The Morgan fingerprint density at radius 2 is 1.19 bits per heavy atom. The summed E-state index contributed by atoms with van der Waals surface area (Å²) in [6.45, 7) is -8.35. The molecule has 0 atom stereocenters. The Morgan fingerprint density at radius 1 is 0.577 bits per heavy atom. The third-order valence-electron chi connectivity index (χ3n) is 10.5. The molecule has 0 spiro atoms. The zero-order chi connectivity index (χ0) is 42.5. The van der Waals surface area contributed by atoms with E-state index in [1.807, 2.05) is 93.9 Å². The number of aromatic nitrogens is 3. The zero-order valence-electron chi connectivity index (χ0n) is 36.9. The van der Waals surface area contributed by atoms with Crippen LogP contribution in [0.3, 0.4) is 0 Å².